The van der Waals surface area contributed by atoms with Crippen LogP contribution in [0.2, 0.25) is 0 Å². The Labute approximate surface area is 119 Å². The lowest BCUT2D eigenvalue weighted by Gasteiger charge is -2.14. The Bertz CT molecular complexity index is 592. The SMILES string of the molecule is CC(C)c1nccc2c(OCC3CCOC3)ccnc12. The first-order chi connectivity index (χ1) is 9.75. The zero-order valence-corrected chi connectivity index (χ0v) is 12.0. The quantitative estimate of drug-likeness (QED) is 0.857. The van der Waals surface area contributed by atoms with Crippen LogP contribution in [0.5, 0.6) is 5.75 Å². The third-order valence-corrected chi connectivity index (χ3v) is 3.69. The van der Waals surface area contributed by atoms with Crippen molar-refractivity contribution in [3.8, 4) is 5.75 Å². The molecule has 0 aliphatic carbocycles. The Morgan fingerprint density at radius 1 is 1.30 bits per heavy atom. The van der Waals surface area contributed by atoms with E-state index in [1.54, 1.807) is 6.20 Å². The Morgan fingerprint density at radius 3 is 2.90 bits per heavy atom. The molecule has 0 aromatic carbocycles. The molecule has 1 atom stereocenters. The highest BCUT2D eigenvalue weighted by molar-refractivity contribution is 5.86. The first kappa shape index (κ1) is 13.3. The van der Waals surface area contributed by atoms with Crippen LogP contribution in [-0.4, -0.2) is 29.8 Å². The highest BCUT2D eigenvalue weighted by Crippen LogP contribution is 2.28. The van der Waals surface area contributed by atoms with Gasteiger partial charge >= 0.3 is 0 Å². The standard InChI is InChI=1S/C16H20N2O2/c1-11(2)15-16-13(3-6-17-15)14(4-7-18-16)20-10-12-5-8-19-9-12/h3-4,6-7,11-12H,5,8-10H2,1-2H3. The predicted molar refractivity (Wildman–Crippen MR) is 78.0 cm³/mol. The fourth-order valence-electron chi connectivity index (χ4n) is 2.54. The summed E-state index contributed by atoms with van der Waals surface area (Å²) in [6.45, 7) is 6.63. The molecule has 2 aromatic heterocycles. The van der Waals surface area contributed by atoms with Gasteiger partial charge in [0.2, 0.25) is 0 Å². The topological polar surface area (TPSA) is 44.2 Å². The zero-order valence-electron chi connectivity index (χ0n) is 12.0. The summed E-state index contributed by atoms with van der Waals surface area (Å²) >= 11 is 0. The monoisotopic (exact) mass is 272 g/mol. The van der Waals surface area contributed by atoms with Crippen LogP contribution in [0, 0.1) is 5.92 Å². The van der Waals surface area contributed by atoms with Crippen LogP contribution >= 0.6 is 0 Å². The number of nitrogens with zero attached hydrogens (tertiary/aromatic N) is 2. The summed E-state index contributed by atoms with van der Waals surface area (Å²) in [6.07, 6.45) is 4.73. The van der Waals surface area contributed by atoms with Gasteiger partial charge < -0.3 is 9.47 Å². The maximum Gasteiger partial charge on any atom is 0.130 e. The fraction of sp³-hybridized carbons (Fsp3) is 0.500. The van der Waals surface area contributed by atoms with Gasteiger partial charge in [0.15, 0.2) is 0 Å². The number of pyridine rings is 2. The third kappa shape index (κ3) is 2.61. The lowest BCUT2D eigenvalue weighted by Crippen LogP contribution is -2.12. The maximum absolute atomic E-state index is 5.99. The van der Waals surface area contributed by atoms with Gasteiger partial charge in [-0.25, -0.2) is 0 Å². The smallest absolute Gasteiger partial charge is 0.130 e. The third-order valence-electron chi connectivity index (χ3n) is 3.69. The molecule has 1 aliphatic heterocycles. The van der Waals surface area contributed by atoms with Crippen molar-refractivity contribution < 1.29 is 9.47 Å². The minimum Gasteiger partial charge on any atom is -0.492 e. The van der Waals surface area contributed by atoms with Crippen molar-refractivity contribution in [2.75, 3.05) is 19.8 Å². The van der Waals surface area contributed by atoms with E-state index in [1.807, 2.05) is 18.3 Å². The van der Waals surface area contributed by atoms with Gasteiger partial charge in [0.05, 0.1) is 24.4 Å². The number of ether oxygens (including phenoxy) is 2. The van der Waals surface area contributed by atoms with Crippen LogP contribution in [0.1, 0.15) is 31.9 Å². The highest BCUT2D eigenvalue weighted by atomic mass is 16.5. The lowest BCUT2D eigenvalue weighted by atomic mass is 10.1. The van der Waals surface area contributed by atoms with Gasteiger partial charge in [-0.3, -0.25) is 9.97 Å². The van der Waals surface area contributed by atoms with Crippen molar-refractivity contribution in [1.29, 1.82) is 0 Å². The molecular formula is C16H20N2O2. The average Bonchev–Trinajstić information content (AvgIpc) is 2.97. The normalized spacial score (nSPS) is 18.9. The Morgan fingerprint density at radius 2 is 2.15 bits per heavy atom. The summed E-state index contributed by atoms with van der Waals surface area (Å²) in [7, 11) is 0. The van der Waals surface area contributed by atoms with Gasteiger partial charge in [-0.2, -0.15) is 0 Å². The first-order valence-electron chi connectivity index (χ1n) is 7.20. The van der Waals surface area contributed by atoms with E-state index in [9.17, 15) is 0 Å². The summed E-state index contributed by atoms with van der Waals surface area (Å²) in [5, 5.41) is 1.05. The summed E-state index contributed by atoms with van der Waals surface area (Å²) in [5.41, 5.74) is 1.97. The summed E-state index contributed by atoms with van der Waals surface area (Å²) in [5.74, 6) is 1.75. The van der Waals surface area contributed by atoms with Gasteiger partial charge in [0.1, 0.15) is 5.75 Å². The number of hydrogen-bond acceptors (Lipinski definition) is 4. The minimum atomic E-state index is 0.352. The molecule has 4 heteroatoms. The zero-order chi connectivity index (χ0) is 13.9. The van der Waals surface area contributed by atoms with Crippen LogP contribution < -0.4 is 4.74 Å². The van der Waals surface area contributed by atoms with Crippen LogP contribution in [0.3, 0.4) is 0 Å². The molecule has 20 heavy (non-hydrogen) atoms. The molecule has 1 fully saturated rings. The van der Waals surface area contributed by atoms with Gasteiger partial charge in [0, 0.05) is 30.3 Å². The second-order valence-electron chi connectivity index (χ2n) is 5.60. The largest absolute Gasteiger partial charge is 0.492 e. The van der Waals surface area contributed by atoms with E-state index < -0.39 is 0 Å². The van der Waals surface area contributed by atoms with Crippen molar-refractivity contribution >= 4 is 10.9 Å². The molecule has 0 saturated carbocycles. The van der Waals surface area contributed by atoms with Crippen molar-refractivity contribution in [3.63, 3.8) is 0 Å². The molecule has 0 N–H and O–H groups in total. The lowest BCUT2D eigenvalue weighted by molar-refractivity contribution is 0.167. The minimum absolute atomic E-state index is 0.352. The van der Waals surface area contributed by atoms with E-state index in [1.165, 1.54) is 0 Å². The molecule has 3 heterocycles. The predicted octanol–water partition coefficient (Wildman–Crippen LogP) is 3.17. The average molecular weight is 272 g/mol. The summed E-state index contributed by atoms with van der Waals surface area (Å²) in [6, 6.07) is 3.91. The first-order valence-corrected chi connectivity index (χ1v) is 7.20. The van der Waals surface area contributed by atoms with Gasteiger partial charge in [-0.15, -0.1) is 0 Å². The molecule has 0 bridgehead atoms. The number of aromatic nitrogens is 2. The molecule has 1 aliphatic rings. The van der Waals surface area contributed by atoms with Gasteiger partial charge in [-0.05, 0) is 24.5 Å². The van der Waals surface area contributed by atoms with Crippen molar-refractivity contribution in [2.45, 2.75) is 26.2 Å². The van der Waals surface area contributed by atoms with Crippen LogP contribution in [0.25, 0.3) is 10.9 Å². The molecule has 3 rings (SSSR count). The van der Waals surface area contributed by atoms with Crippen molar-refractivity contribution in [3.05, 3.63) is 30.2 Å². The number of hydrogen-bond donors (Lipinski definition) is 0. The number of fused-ring (bicyclic) bond motifs is 1. The molecule has 1 unspecified atom stereocenters. The maximum atomic E-state index is 5.99. The van der Waals surface area contributed by atoms with Crippen LogP contribution in [-0.2, 0) is 4.74 Å². The van der Waals surface area contributed by atoms with E-state index in [4.69, 9.17) is 9.47 Å². The molecule has 4 nitrogen and oxygen atoms in total. The van der Waals surface area contributed by atoms with Crippen LogP contribution in [0.15, 0.2) is 24.5 Å². The molecule has 0 amide bonds. The second-order valence-corrected chi connectivity index (χ2v) is 5.60. The van der Waals surface area contributed by atoms with E-state index in [2.05, 4.69) is 23.8 Å². The molecule has 0 radical (unpaired) electrons. The molecule has 1 saturated heterocycles. The summed E-state index contributed by atoms with van der Waals surface area (Å²) < 4.78 is 11.4. The Kier molecular flexibility index (Phi) is 3.83. The van der Waals surface area contributed by atoms with Crippen molar-refractivity contribution in [1.82, 2.24) is 9.97 Å². The molecular weight excluding hydrogens is 252 g/mol. The van der Waals surface area contributed by atoms with Crippen molar-refractivity contribution in [2.24, 2.45) is 5.92 Å². The van der Waals surface area contributed by atoms with Gasteiger partial charge in [-0.1, -0.05) is 13.8 Å². The number of rotatable bonds is 4. The fourth-order valence-corrected chi connectivity index (χ4v) is 2.54. The molecule has 0 spiro atoms. The van der Waals surface area contributed by atoms with Gasteiger partial charge in [0.25, 0.3) is 0 Å². The highest BCUT2D eigenvalue weighted by Gasteiger charge is 2.17. The van der Waals surface area contributed by atoms with E-state index in [0.717, 1.165) is 42.0 Å². The van der Waals surface area contributed by atoms with Crippen LogP contribution in [0.4, 0.5) is 0 Å². The summed E-state index contributed by atoms with van der Waals surface area (Å²) in [4.78, 5) is 8.92. The Hall–Kier alpha value is -1.68. The van der Waals surface area contributed by atoms with E-state index in [0.29, 0.717) is 18.4 Å². The van der Waals surface area contributed by atoms with E-state index in [-0.39, 0.29) is 0 Å². The van der Waals surface area contributed by atoms with E-state index >= 15 is 0 Å². The molecule has 106 valence electrons. The second kappa shape index (κ2) is 5.75. The Balaban J connectivity index is 1.88. The molecule has 2 aromatic rings.